The fraction of sp³-hybridized carbons (Fsp3) is 0.333. The van der Waals surface area contributed by atoms with Crippen molar-refractivity contribution in [2.75, 3.05) is 26.2 Å². The van der Waals surface area contributed by atoms with Crippen LogP contribution in [0.3, 0.4) is 0 Å². The molecule has 1 amide bonds. The molecule has 2 N–H and O–H groups in total. The first kappa shape index (κ1) is 20.1. The van der Waals surface area contributed by atoms with Gasteiger partial charge in [-0.2, -0.15) is 11.8 Å². The van der Waals surface area contributed by atoms with E-state index in [1.54, 1.807) is 26.0 Å². The maximum atomic E-state index is 12.7. The zero-order valence-electron chi connectivity index (χ0n) is 16.3. The van der Waals surface area contributed by atoms with Gasteiger partial charge in [-0.25, -0.2) is 4.98 Å². The van der Waals surface area contributed by atoms with E-state index in [9.17, 15) is 4.79 Å². The monoisotopic (exact) mass is 399 g/mol. The number of amides is 1. The topological polar surface area (TPSA) is 76.2 Å². The van der Waals surface area contributed by atoms with Crippen LogP contribution in [-0.2, 0) is 11.2 Å². The van der Waals surface area contributed by atoms with E-state index in [-0.39, 0.29) is 18.4 Å². The summed E-state index contributed by atoms with van der Waals surface area (Å²) in [7, 11) is 3.18. The number of imidazole rings is 1. The first-order valence-corrected chi connectivity index (χ1v) is 10.5. The Bertz CT molecular complexity index is 909. The lowest BCUT2D eigenvalue weighted by Crippen LogP contribution is -2.31. The van der Waals surface area contributed by atoms with Crippen LogP contribution in [-0.4, -0.2) is 42.1 Å². The largest absolute Gasteiger partial charge is 0.493 e. The molecule has 6 nitrogen and oxygen atoms in total. The molecular weight excluding hydrogens is 374 g/mol. The fourth-order valence-electron chi connectivity index (χ4n) is 3.07. The molecule has 1 aromatic heterocycles. The van der Waals surface area contributed by atoms with Gasteiger partial charge in [-0.1, -0.05) is 18.2 Å². The van der Waals surface area contributed by atoms with E-state index < -0.39 is 0 Å². The summed E-state index contributed by atoms with van der Waals surface area (Å²) >= 11 is 1.75. The average Bonchev–Trinajstić information content (AvgIpc) is 3.15. The zero-order chi connectivity index (χ0) is 19.9. The second-order valence-electron chi connectivity index (χ2n) is 6.41. The van der Waals surface area contributed by atoms with Gasteiger partial charge in [-0.15, -0.1) is 0 Å². The predicted molar refractivity (Wildman–Crippen MR) is 113 cm³/mol. The molecule has 3 aromatic rings. The summed E-state index contributed by atoms with van der Waals surface area (Å²) in [6.07, 6.45) is 3.12. The molecule has 0 fully saturated rings. The van der Waals surface area contributed by atoms with Crippen LogP contribution in [0, 0.1) is 0 Å². The molecule has 0 saturated carbocycles. The van der Waals surface area contributed by atoms with E-state index in [0.717, 1.165) is 34.6 Å². The number of carbonyl (C=O) groups is 1. The number of aromatic nitrogens is 2. The summed E-state index contributed by atoms with van der Waals surface area (Å²) < 4.78 is 10.6. The molecule has 0 aliphatic heterocycles. The molecule has 0 spiro atoms. The number of aromatic amines is 1. The lowest BCUT2D eigenvalue weighted by molar-refractivity contribution is -0.121. The number of thioether (sulfide) groups is 1. The Kier molecular flexibility index (Phi) is 6.81. The van der Waals surface area contributed by atoms with Crippen molar-refractivity contribution in [3.63, 3.8) is 0 Å². The van der Waals surface area contributed by atoms with Crippen molar-refractivity contribution in [2.24, 2.45) is 0 Å². The van der Waals surface area contributed by atoms with Crippen LogP contribution >= 0.6 is 11.8 Å². The summed E-state index contributed by atoms with van der Waals surface area (Å²) in [5, 5.41) is 3.13. The fourth-order valence-corrected chi connectivity index (χ4v) is 3.54. The van der Waals surface area contributed by atoms with Gasteiger partial charge in [0.05, 0.1) is 37.7 Å². The maximum absolute atomic E-state index is 12.7. The lowest BCUT2D eigenvalue weighted by Gasteiger charge is -2.17. The lowest BCUT2D eigenvalue weighted by atomic mass is 10.1. The highest BCUT2D eigenvalue weighted by molar-refractivity contribution is 7.98. The molecule has 7 heteroatoms. The Hall–Kier alpha value is -2.67. The molecule has 3 rings (SSSR count). The van der Waals surface area contributed by atoms with Crippen molar-refractivity contribution in [1.29, 1.82) is 0 Å². The zero-order valence-corrected chi connectivity index (χ0v) is 17.1. The van der Waals surface area contributed by atoms with Gasteiger partial charge < -0.3 is 19.8 Å². The number of benzene rings is 2. The summed E-state index contributed by atoms with van der Waals surface area (Å²) in [6, 6.07) is 13.2. The predicted octanol–water partition coefficient (Wildman–Crippen LogP) is 3.73. The first-order valence-electron chi connectivity index (χ1n) is 9.08. The average molecular weight is 400 g/mol. The normalized spacial score (nSPS) is 12.0. The molecule has 2 aromatic carbocycles. The first-order chi connectivity index (χ1) is 13.6. The molecule has 0 radical (unpaired) electrons. The van der Waals surface area contributed by atoms with Crippen molar-refractivity contribution in [3.8, 4) is 11.5 Å². The quantitative estimate of drug-likeness (QED) is 0.573. The molecule has 1 unspecified atom stereocenters. The van der Waals surface area contributed by atoms with Crippen LogP contribution in [0.5, 0.6) is 11.5 Å². The summed E-state index contributed by atoms with van der Waals surface area (Å²) in [6.45, 7) is 0. The van der Waals surface area contributed by atoms with E-state index in [4.69, 9.17) is 9.47 Å². The van der Waals surface area contributed by atoms with E-state index in [0.29, 0.717) is 11.5 Å². The highest BCUT2D eigenvalue weighted by Gasteiger charge is 2.19. The summed E-state index contributed by atoms with van der Waals surface area (Å²) in [5.74, 6) is 2.92. The molecule has 1 atom stereocenters. The van der Waals surface area contributed by atoms with Crippen molar-refractivity contribution < 1.29 is 14.3 Å². The number of nitrogens with one attached hydrogen (secondary N) is 2. The van der Waals surface area contributed by atoms with Crippen LogP contribution < -0.4 is 14.8 Å². The Morgan fingerprint density at radius 2 is 1.96 bits per heavy atom. The number of carbonyl (C=O) groups excluding carboxylic acids is 1. The number of hydrogen-bond acceptors (Lipinski definition) is 5. The molecule has 0 bridgehead atoms. The number of nitrogens with zero attached hydrogens (tertiary/aromatic N) is 1. The number of ether oxygens (including phenoxy) is 2. The minimum atomic E-state index is -0.160. The summed E-state index contributed by atoms with van der Waals surface area (Å²) in [4.78, 5) is 20.7. The highest BCUT2D eigenvalue weighted by atomic mass is 32.2. The Labute approximate surface area is 169 Å². The van der Waals surface area contributed by atoms with Crippen LogP contribution in [0.2, 0.25) is 0 Å². The molecule has 0 aliphatic rings. The van der Waals surface area contributed by atoms with E-state index in [2.05, 4.69) is 21.5 Å². The molecule has 28 heavy (non-hydrogen) atoms. The Morgan fingerprint density at radius 1 is 1.18 bits per heavy atom. The number of fused-ring (bicyclic) bond motifs is 1. The smallest absolute Gasteiger partial charge is 0.225 e. The molecule has 1 heterocycles. The highest BCUT2D eigenvalue weighted by Crippen LogP contribution is 2.28. The number of rotatable bonds is 9. The van der Waals surface area contributed by atoms with Crippen LogP contribution in [0.25, 0.3) is 11.0 Å². The van der Waals surface area contributed by atoms with E-state index >= 15 is 0 Å². The molecular formula is C21H25N3O3S. The van der Waals surface area contributed by atoms with Crippen LogP contribution in [0.4, 0.5) is 0 Å². The number of H-pyrrole nitrogens is 1. The third kappa shape index (κ3) is 4.78. The SMILES string of the molecule is COc1ccc(CC(=O)NC(CCSC)c2nc3ccccc3[nH]2)cc1OC. The van der Waals surface area contributed by atoms with Gasteiger partial charge in [-0.3, -0.25) is 4.79 Å². The second kappa shape index (κ2) is 9.50. The third-order valence-corrected chi connectivity index (χ3v) is 5.14. The second-order valence-corrected chi connectivity index (χ2v) is 7.39. The van der Waals surface area contributed by atoms with E-state index in [1.807, 2.05) is 42.5 Å². The van der Waals surface area contributed by atoms with Gasteiger partial charge in [0.15, 0.2) is 11.5 Å². The minimum Gasteiger partial charge on any atom is -0.493 e. The standard InChI is InChI=1S/C21H25N3O3S/c1-26-18-9-8-14(12-19(18)27-2)13-20(25)22-17(10-11-28-3)21-23-15-6-4-5-7-16(15)24-21/h4-9,12,17H,10-11,13H2,1-3H3,(H,22,25)(H,23,24). The van der Waals surface area contributed by atoms with Crippen LogP contribution in [0.1, 0.15) is 23.9 Å². The third-order valence-electron chi connectivity index (χ3n) is 4.50. The minimum absolute atomic E-state index is 0.0567. The number of hydrogen-bond donors (Lipinski definition) is 2. The van der Waals surface area contributed by atoms with Gasteiger partial charge in [-0.05, 0) is 48.3 Å². The Morgan fingerprint density at radius 3 is 2.68 bits per heavy atom. The van der Waals surface area contributed by atoms with Crippen molar-refractivity contribution >= 4 is 28.7 Å². The van der Waals surface area contributed by atoms with Gasteiger partial charge in [0.1, 0.15) is 5.82 Å². The van der Waals surface area contributed by atoms with Gasteiger partial charge in [0.25, 0.3) is 0 Å². The van der Waals surface area contributed by atoms with Gasteiger partial charge >= 0.3 is 0 Å². The maximum Gasteiger partial charge on any atom is 0.225 e. The molecule has 0 saturated heterocycles. The number of para-hydroxylation sites is 2. The molecule has 0 aliphatic carbocycles. The van der Waals surface area contributed by atoms with Crippen molar-refractivity contribution in [3.05, 3.63) is 53.9 Å². The molecule has 148 valence electrons. The van der Waals surface area contributed by atoms with Crippen molar-refractivity contribution in [2.45, 2.75) is 18.9 Å². The van der Waals surface area contributed by atoms with E-state index in [1.165, 1.54) is 0 Å². The number of methoxy groups -OCH3 is 2. The van der Waals surface area contributed by atoms with Gasteiger partial charge in [0, 0.05) is 0 Å². The summed E-state index contributed by atoms with van der Waals surface area (Å²) in [5.41, 5.74) is 2.74. The van der Waals surface area contributed by atoms with Gasteiger partial charge in [0.2, 0.25) is 5.91 Å². The van der Waals surface area contributed by atoms with Crippen molar-refractivity contribution in [1.82, 2.24) is 15.3 Å². The Balaban J connectivity index is 1.74. The van der Waals surface area contributed by atoms with Crippen LogP contribution in [0.15, 0.2) is 42.5 Å².